The summed E-state index contributed by atoms with van der Waals surface area (Å²) in [5, 5.41) is 1.34. The van der Waals surface area contributed by atoms with Gasteiger partial charge in [0.2, 0.25) is 0 Å². The lowest BCUT2D eigenvalue weighted by molar-refractivity contribution is 0.0733. The zero-order valence-corrected chi connectivity index (χ0v) is 13.6. The number of pyridine rings is 1. The summed E-state index contributed by atoms with van der Waals surface area (Å²) < 4.78 is 10.6. The van der Waals surface area contributed by atoms with Crippen molar-refractivity contribution < 1.29 is 14.3 Å². The molecule has 0 bridgehead atoms. The molecular formula is C17H11Cl2NO3. The first-order valence-corrected chi connectivity index (χ1v) is 7.45. The number of hydrogen-bond acceptors (Lipinski definition) is 4. The van der Waals surface area contributed by atoms with Gasteiger partial charge in [0.25, 0.3) is 0 Å². The number of methoxy groups -OCH3 is 1. The number of carbonyl (C=O) groups is 1. The summed E-state index contributed by atoms with van der Waals surface area (Å²) in [5.74, 6) is -0.143. The minimum Gasteiger partial charge on any atom is -0.494 e. The van der Waals surface area contributed by atoms with Crippen LogP contribution in [0.3, 0.4) is 0 Å². The number of carbonyl (C=O) groups excluding carboxylic acids is 1. The number of rotatable bonds is 3. The second kappa shape index (κ2) is 6.44. The van der Waals surface area contributed by atoms with Crippen molar-refractivity contribution in [3.63, 3.8) is 0 Å². The number of ether oxygens (including phenoxy) is 2. The zero-order valence-electron chi connectivity index (χ0n) is 12.0. The summed E-state index contributed by atoms with van der Waals surface area (Å²) in [6.45, 7) is 0. The van der Waals surface area contributed by atoms with Crippen LogP contribution in [0, 0.1) is 0 Å². The topological polar surface area (TPSA) is 48.4 Å². The van der Waals surface area contributed by atoms with E-state index in [9.17, 15) is 4.79 Å². The van der Waals surface area contributed by atoms with Crippen molar-refractivity contribution in [1.29, 1.82) is 0 Å². The van der Waals surface area contributed by atoms with Crippen molar-refractivity contribution in [1.82, 2.24) is 4.98 Å². The van der Waals surface area contributed by atoms with Gasteiger partial charge in [-0.05, 0) is 24.3 Å². The molecule has 0 atom stereocenters. The van der Waals surface area contributed by atoms with Gasteiger partial charge in [-0.3, -0.25) is 4.98 Å². The molecule has 0 aliphatic carbocycles. The van der Waals surface area contributed by atoms with Crippen molar-refractivity contribution in [2.24, 2.45) is 0 Å². The maximum atomic E-state index is 12.5. The molecule has 0 saturated heterocycles. The Morgan fingerprint density at radius 1 is 1.04 bits per heavy atom. The lowest BCUT2D eigenvalue weighted by Gasteiger charge is -2.12. The molecule has 0 unspecified atom stereocenters. The second-order valence-corrected chi connectivity index (χ2v) is 5.47. The summed E-state index contributed by atoms with van der Waals surface area (Å²) in [5.41, 5.74) is 0.662. The summed E-state index contributed by atoms with van der Waals surface area (Å²) >= 11 is 12.1. The maximum Gasteiger partial charge on any atom is 0.348 e. The van der Waals surface area contributed by atoms with Crippen LogP contribution in [0.4, 0.5) is 0 Å². The molecule has 6 heteroatoms. The molecule has 2 aromatic carbocycles. The van der Waals surface area contributed by atoms with Crippen LogP contribution in [0.15, 0.2) is 48.7 Å². The predicted molar refractivity (Wildman–Crippen MR) is 89.7 cm³/mol. The Morgan fingerprint density at radius 2 is 1.78 bits per heavy atom. The number of benzene rings is 2. The van der Waals surface area contributed by atoms with Crippen LogP contribution in [-0.2, 0) is 0 Å². The van der Waals surface area contributed by atoms with Crippen molar-refractivity contribution >= 4 is 40.1 Å². The third kappa shape index (κ3) is 2.96. The van der Waals surface area contributed by atoms with Crippen LogP contribution in [0.5, 0.6) is 11.5 Å². The summed E-state index contributed by atoms with van der Waals surface area (Å²) in [4.78, 5) is 16.8. The molecule has 1 heterocycles. The zero-order chi connectivity index (χ0) is 16.4. The van der Waals surface area contributed by atoms with E-state index in [-0.39, 0.29) is 21.4 Å². The first kappa shape index (κ1) is 15.6. The lowest BCUT2D eigenvalue weighted by atomic mass is 10.2. The molecule has 3 rings (SSSR count). The fraction of sp³-hybridized carbons (Fsp3) is 0.0588. The van der Waals surface area contributed by atoms with E-state index in [2.05, 4.69) is 4.98 Å². The number of aromatic nitrogens is 1. The standard InChI is InChI=1S/C17H11Cl2NO3/c1-22-16-12(19)8-7-11(18)14(16)17(21)23-13-6-2-4-10-5-3-9-20-15(10)13/h2-9H,1H3. The molecule has 0 fully saturated rings. The number of halogens is 2. The summed E-state index contributed by atoms with van der Waals surface area (Å²) in [6, 6.07) is 12.1. The third-order valence-electron chi connectivity index (χ3n) is 3.27. The van der Waals surface area contributed by atoms with Gasteiger partial charge in [-0.1, -0.05) is 41.4 Å². The number of esters is 1. The van der Waals surface area contributed by atoms with Crippen molar-refractivity contribution in [2.45, 2.75) is 0 Å². The maximum absolute atomic E-state index is 12.5. The highest BCUT2D eigenvalue weighted by molar-refractivity contribution is 6.37. The predicted octanol–water partition coefficient (Wildman–Crippen LogP) is 4.77. The Bertz CT molecular complexity index is 891. The van der Waals surface area contributed by atoms with Crippen molar-refractivity contribution in [3.8, 4) is 11.5 Å². The van der Waals surface area contributed by atoms with Gasteiger partial charge in [-0.25, -0.2) is 4.79 Å². The number of para-hydroxylation sites is 1. The Hall–Kier alpha value is -2.30. The lowest BCUT2D eigenvalue weighted by Crippen LogP contribution is -2.11. The van der Waals surface area contributed by atoms with Gasteiger partial charge in [-0.2, -0.15) is 0 Å². The Labute approximate surface area is 142 Å². The minimum absolute atomic E-state index is 0.0783. The number of nitrogens with zero attached hydrogens (tertiary/aromatic N) is 1. The monoisotopic (exact) mass is 347 g/mol. The highest BCUT2D eigenvalue weighted by atomic mass is 35.5. The molecule has 0 saturated carbocycles. The summed E-state index contributed by atoms with van der Waals surface area (Å²) in [7, 11) is 1.41. The molecule has 116 valence electrons. The van der Waals surface area contributed by atoms with Crippen molar-refractivity contribution in [2.75, 3.05) is 7.11 Å². The molecule has 3 aromatic rings. The van der Waals surface area contributed by atoms with Crippen LogP contribution in [0.2, 0.25) is 10.0 Å². The average Bonchev–Trinajstić information content (AvgIpc) is 2.57. The van der Waals surface area contributed by atoms with Gasteiger partial charge in [-0.15, -0.1) is 0 Å². The fourth-order valence-electron chi connectivity index (χ4n) is 2.23. The molecule has 0 spiro atoms. The van der Waals surface area contributed by atoms with Gasteiger partial charge >= 0.3 is 5.97 Å². The van der Waals surface area contributed by atoms with Gasteiger partial charge in [0.05, 0.1) is 17.2 Å². The van der Waals surface area contributed by atoms with E-state index in [4.69, 9.17) is 32.7 Å². The molecule has 0 aliphatic heterocycles. The van der Waals surface area contributed by atoms with E-state index in [1.165, 1.54) is 13.2 Å². The van der Waals surface area contributed by atoms with Gasteiger partial charge in [0.1, 0.15) is 11.1 Å². The highest BCUT2D eigenvalue weighted by Gasteiger charge is 2.22. The van der Waals surface area contributed by atoms with Crippen LogP contribution in [-0.4, -0.2) is 18.1 Å². The normalized spacial score (nSPS) is 10.6. The molecular weight excluding hydrogens is 337 g/mol. The first-order valence-electron chi connectivity index (χ1n) is 6.69. The first-order chi connectivity index (χ1) is 11.1. The van der Waals surface area contributed by atoms with E-state index >= 15 is 0 Å². The van der Waals surface area contributed by atoms with Crippen LogP contribution >= 0.6 is 23.2 Å². The fourth-order valence-corrected chi connectivity index (χ4v) is 2.69. The Morgan fingerprint density at radius 3 is 2.57 bits per heavy atom. The largest absolute Gasteiger partial charge is 0.494 e. The smallest absolute Gasteiger partial charge is 0.348 e. The van der Waals surface area contributed by atoms with Gasteiger partial charge in [0, 0.05) is 11.6 Å². The second-order valence-electron chi connectivity index (χ2n) is 4.66. The van der Waals surface area contributed by atoms with Gasteiger partial charge in [0.15, 0.2) is 11.5 Å². The van der Waals surface area contributed by atoms with Crippen LogP contribution < -0.4 is 9.47 Å². The average molecular weight is 348 g/mol. The number of hydrogen-bond donors (Lipinski definition) is 0. The van der Waals surface area contributed by atoms with Crippen LogP contribution in [0.25, 0.3) is 10.9 Å². The van der Waals surface area contributed by atoms with E-state index in [1.807, 2.05) is 18.2 Å². The van der Waals surface area contributed by atoms with E-state index in [0.29, 0.717) is 11.3 Å². The molecule has 1 aromatic heterocycles. The van der Waals surface area contributed by atoms with Crippen molar-refractivity contribution in [3.05, 3.63) is 64.3 Å². The highest BCUT2D eigenvalue weighted by Crippen LogP contribution is 2.35. The minimum atomic E-state index is -0.660. The van der Waals surface area contributed by atoms with Gasteiger partial charge < -0.3 is 9.47 Å². The molecule has 4 nitrogen and oxygen atoms in total. The van der Waals surface area contributed by atoms with E-state index < -0.39 is 5.97 Å². The molecule has 0 N–H and O–H groups in total. The van der Waals surface area contributed by atoms with E-state index in [1.54, 1.807) is 24.4 Å². The Balaban J connectivity index is 2.04. The molecule has 23 heavy (non-hydrogen) atoms. The SMILES string of the molecule is COc1c(Cl)ccc(Cl)c1C(=O)Oc1cccc2cccnc12. The Kier molecular flexibility index (Phi) is 4.37. The third-order valence-corrected chi connectivity index (χ3v) is 3.88. The molecule has 0 amide bonds. The molecule has 0 radical (unpaired) electrons. The molecule has 0 aliphatic rings. The van der Waals surface area contributed by atoms with E-state index in [0.717, 1.165) is 5.39 Å². The van der Waals surface area contributed by atoms with Crippen LogP contribution in [0.1, 0.15) is 10.4 Å². The summed E-state index contributed by atoms with van der Waals surface area (Å²) in [6.07, 6.45) is 1.63. The quantitative estimate of drug-likeness (QED) is 0.505. The number of fused-ring (bicyclic) bond motifs is 1.